The molecule has 0 aliphatic carbocycles. The maximum Gasteiger partial charge on any atom is 0.422 e. The number of hydrogen-bond donors (Lipinski definition) is 3. The lowest BCUT2D eigenvalue weighted by atomic mass is 10.2. The van der Waals surface area contributed by atoms with Crippen LogP contribution < -0.4 is 15.2 Å². The van der Waals surface area contributed by atoms with Gasteiger partial charge in [0.1, 0.15) is 0 Å². The summed E-state index contributed by atoms with van der Waals surface area (Å²) in [5.41, 5.74) is 6.98. The highest BCUT2D eigenvalue weighted by Gasteiger charge is 2.17. The van der Waals surface area contributed by atoms with Crippen molar-refractivity contribution < 1.29 is 17.9 Å². The van der Waals surface area contributed by atoms with Crippen molar-refractivity contribution in [3.05, 3.63) is 23.8 Å². The maximum absolute atomic E-state index is 11.7. The van der Waals surface area contributed by atoms with Gasteiger partial charge in [-0.1, -0.05) is 6.07 Å². The van der Waals surface area contributed by atoms with Gasteiger partial charge in [0.15, 0.2) is 0 Å². The summed E-state index contributed by atoms with van der Waals surface area (Å²) in [6.07, 6.45) is -1.45. The molecule has 0 fully saturated rings. The molecule has 0 aromatic heterocycles. The number of benzene rings is 1. The molecule has 8 heteroatoms. The van der Waals surface area contributed by atoms with Crippen molar-refractivity contribution >= 4 is 27.7 Å². The Kier molecular flexibility index (Phi) is 4.60. The summed E-state index contributed by atoms with van der Waals surface area (Å²) in [5.74, 6) is 0. The van der Waals surface area contributed by atoms with Gasteiger partial charge in [-0.05, 0) is 38.5 Å². The Morgan fingerprint density at radius 3 is 2.58 bits per heavy atom. The van der Waals surface area contributed by atoms with Crippen molar-refractivity contribution in [1.29, 1.82) is 0 Å². The number of rotatable bonds is 4. The quantitative estimate of drug-likeness (QED) is 0.724. The number of amides is 1. The van der Waals surface area contributed by atoms with E-state index in [2.05, 4.69) is 9.46 Å². The van der Waals surface area contributed by atoms with Crippen LogP contribution in [0.25, 0.3) is 0 Å². The van der Waals surface area contributed by atoms with Gasteiger partial charge in [0, 0.05) is 5.69 Å². The molecule has 0 saturated carbocycles. The third-order valence-electron chi connectivity index (χ3n) is 2.18. The normalized spacial score (nSPS) is 11.2. The third kappa shape index (κ3) is 4.66. The van der Waals surface area contributed by atoms with Gasteiger partial charge in [-0.25, -0.2) is 9.52 Å². The van der Waals surface area contributed by atoms with Crippen LogP contribution in [0.4, 0.5) is 16.2 Å². The number of anilines is 2. The lowest BCUT2D eigenvalue weighted by Gasteiger charge is -2.13. The first kappa shape index (κ1) is 15.1. The summed E-state index contributed by atoms with van der Waals surface area (Å²) in [7, 11) is -4.05. The van der Waals surface area contributed by atoms with Crippen LogP contribution in [-0.4, -0.2) is 20.6 Å². The van der Waals surface area contributed by atoms with Crippen LogP contribution in [0.3, 0.4) is 0 Å². The Labute approximate surface area is 112 Å². The lowest BCUT2D eigenvalue weighted by molar-refractivity contribution is 0.121. The molecule has 1 aromatic rings. The molecule has 4 N–H and O–H groups in total. The second-order valence-electron chi connectivity index (χ2n) is 4.18. The van der Waals surface area contributed by atoms with Crippen molar-refractivity contribution in [2.75, 3.05) is 10.5 Å². The molecule has 0 aliphatic rings. The van der Waals surface area contributed by atoms with Gasteiger partial charge in [-0.3, -0.25) is 4.72 Å². The van der Waals surface area contributed by atoms with Gasteiger partial charge in [0.25, 0.3) is 0 Å². The molecule has 19 heavy (non-hydrogen) atoms. The summed E-state index contributed by atoms with van der Waals surface area (Å²) in [5, 5.41) is 0. The molecule has 7 nitrogen and oxygen atoms in total. The Morgan fingerprint density at radius 2 is 2.00 bits per heavy atom. The van der Waals surface area contributed by atoms with Gasteiger partial charge < -0.3 is 10.5 Å². The molecule has 0 atom stereocenters. The van der Waals surface area contributed by atoms with E-state index in [9.17, 15) is 13.2 Å². The van der Waals surface area contributed by atoms with E-state index in [1.54, 1.807) is 43.7 Å². The number of nitrogen functional groups attached to an aromatic ring is 1. The third-order valence-corrected chi connectivity index (χ3v) is 3.10. The van der Waals surface area contributed by atoms with Crippen molar-refractivity contribution in [2.45, 2.75) is 26.9 Å². The van der Waals surface area contributed by atoms with Crippen LogP contribution in [0.15, 0.2) is 18.2 Å². The molecule has 0 heterocycles. The van der Waals surface area contributed by atoms with E-state index in [0.29, 0.717) is 16.9 Å². The summed E-state index contributed by atoms with van der Waals surface area (Å²) in [4.78, 5) is 11.2. The van der Waals surface area contributed by atoms with Crippen LogP contribution in [0.5, 0.6) is 0 Å². The number of nitrogens with two attached hydrogens (primary N) is 1. The van der Waals surface area contributed by atoms with Crippen LogP contribution >= 0.6 is 0 Å². The zero-order valence-electron chi connectivity index (χ0n) is 10.9. The molecular formula is C11H17N3O4S. The Hall–Kier alpha value is -1.96. The second kappa shape index (κ2) is 5.79. The summed E-state index contributed by atoms with van der Waals surface area (Å²) in [6.45, 7) is 4.89. The minimum Gasteiger partial charge on any atom is -0.446 e. The Morgan fingerprint density at radius 1 is 1.37 bits per heavy atom. The first-order chi connectivity index (χ1) is 8.71. The largest absolute Gasteiger partial charge is 0.446 e. The number of ether oxygens (including phenoxy) is 1. The molecule has 1 aromatic carbocycles. The van der Waals surface area contributed by atoms with Gasteiger partial charge in [-0.2, -0.15) is 8.42 Å². The zero-order chi connectivity index (χ0) is 14.6. The van der Waals surface area contributed by atoms with Crippen LogP contribution in [0, 0.1) is 6.92 Å². The Balaban J connectivity index is 2.80. The first-order valence-corrected chi connectivity index (χ1v) is 7.06. The maximum atomic E-state index is 11.7. The minimum atomic E-state index is -4.05. The van der Waals surface area contributed by atoms with Crippen LogP contribution in [0.1, 0.15) is 19.4 Å². The summed E-state index contributed by atoms with van der Waals surface area (Å²) < 4.78 is 32.0. The van der Waals surface area contributed by atoms with E-state index < -0.39 is 22.4 Å². The SMILES string of the molecule is Cc1c(N)cccc1NS(=O)(=O)NC(=O)OC(C)C. The number of nitrogens with one attached hydrogen (secondary N) is 2. The zero-order valence-corrected chi connectivity index (χ0v) is 11.7. The van der Waals surface area contributed by atoms with Gasteiger partial charge >= 0.3 is 16.3 Å². The molecule has 0 saturated heterocycles. The fraction of sp³-hybridized carbons (Fsp3) is 0.364. The molecule has 0 spiro atoms. The average molecular weight is 287 g/mol. The van der Waals surface area contributed by atoms with E-state index in [-0.39, 0.29) is 0 Å². The van der Waals surface area contributed by atoms with Crippen molar-refractivity contribution in [2.24, 2.45) is 0 Å². The smallest absolute Gasteiger partial charge is 0.422 e. The number of carbonyl (C=O) groups is 1. The van der Waals surface area contributed by atoms with Gasteiger partial charge in [-0.15, -0.1) is 0 Å². The monoisotopic (exact) mass is 287 g/mol. The number of hydrogen-bond acceptors (Lipinski definition) is 5. The number of carbonyl (C=O) groups excluding carboxylic acids is 1. The molecule has 0 aliphatic heterocycles. The molecule has 0 radical (unpaired) electrons. The van der Waals surface area contributed by atoms with Crippen molar-refractivity contribution in [1.82, 2.24) is 4.72 Å². The van der Waals surface area contributed by atoms with E-state index >= 15 is 0 Å². The topological polar surface area (TPSA) is 111 Å². The van der Waals surface area contributed by atoms with Gasteiger partial charge in [0.05, 0.1) is 11.8 Å². The standard InChI is InChI=1S/C11H17N3O4S/c1-7(2)18-11(15)14-19(16,17)13-10-6-4-5-9(12)8(10)3/h4-7,13H,12H2,1-3H3,(H,14,15). The van der Waals surface area contributed by atoms with Gasteiger partial charge in [0.2, 0.25) is 0 Å². The summed E-state index contributed by atoms with van der Waals surface area (Å²) in [6, 6.07) is 4.79. The molecule has 0 bridgehead atoms. The predicted octanol–water partition coefficient (Wildman–Crippen LogP) is 1.37. The molecular weight excluding hydrogens is 270 g/mol. The highest BCUT2D eigenvalue weighted by Crippen LogP contribution is 2.21. The van der Waals surface area contributed by atoms with Crippen molar-refractivity contribution in [3.63, 3.8) is 0 Å². The van der Waals surface area contributed by atoms with E-state index in [4.69, 9.17) is 5.73 Å². The molecule has 0 unspecified atom stereocenters. The lowest BCUT2D eigenvalue weighted by Crippen LogP contribution is -2.37. The first-order valence-electron chi connectivity index (χ1n) is 5.57. The highest BCUT2D eigenvalue weighted by atomic mass is 32.2. The predicted molar refractivity (Wildman–Crippen MR) is 72.9 cm³/mol. The molecule has 106 valence electrons. The highest BCUT2D eigenvalue weighted by molar-refractivity contribution is 7.91. The fourth-order valence-corrected chi connectivity index (χ4v) is 2.11. The fourth-order valence-electron chi connectivity index (χ4n) is 1.28. The van der Waals surface area contributed by atoms with Crippen LogP contribution in [-0.2, 0) is 14.9 Å². The molecule has 1 rings (SSSR count). The van der Waals surface area contributed by atoms with E-state index in [0.717, 1.165) is 0 Å². The van der Waals surface area contributed by atoms with E-state index in [1.807, 2.05) is 0 Å². The van der Waals surface area contributed by atoms with Crippen LogP contribution in [0.2, 0.25) is 0 Å². The average Bonchev–Trinajstić information content (AvgIpc) is 2.22. The molecule has 1 amide bonds. The van der Waals surface area contributed by atoms with Crippen molar-refractivity contribution in [3.8, 4) is 0 Å². The second-order valence-corrected chi connectivity index (χ2v) is 5.60. The Bertz CT molecular complexity index is 569. The van der Waals surface area contributed by atoms with E-state index in [1.165, 1.54) is 0 Å². The summed E-state index contributed by atoms with van der Waals surface area (Å²) >= 11 is 0. The minimum absolute atomic E-state index is 0.296.